The molecule has 0 aliphatic rings. The molecule has 0 atom stereocenters. The van der Waals surface area contributed by atoms with Gasteiger partial charge in [0.1, 0.15) is 0 Å². The van der Waals surface area contributed by atoms with E-state index in [1.165, 1.54) is 16.7 Å². The molecule has 0 bridgehead atoms. The van der Waals surface area contributed by atoms with Gasteiger partial charge in [-0.3, -0.25) is 4.79 Å². The molecular weight excluding hydrogens is 208 g/mol. The molecular formula is C16H22O. The lowest BCUT2D eigenvalue weighted by Crippen LogP contribution is -2.09. The minimum absolute atomic E-state index is 0.242. The molecule has 0 saturated carbocycles. The fourth-order valence-electron chi connectivity index (χ4n) is 2.28. The first-order chi connectivity index (χ1) is 7.91. The van der Waals surface area contributed by atoms with Gasteiger partial charge in [0.25, 0.3) is 0 Å². The smallest absolute Gasteiger partial charge is 0.163 e. The average Bonchev–Trinajstić information content (AvgIpc) is 2.31. The highest BCUT2D eigenvalue weighted by Gasteiger charge is 2.17. The van der Waals surface area contributed by atoms with Crippen molar-refractivity contribution >= 4 is 5.78 Å². The molecule has 0 spiro atoms. The highest BCUT2D eigenvalue weighted by atomic mass is 16.1. The van der Waals surface area contributed by atoms with Crippen molar-refractivity contribution < 1.29 is 4.79 Å². The number of rotatable bonds is 4. The number of benzene rings is 1. The molecule has 1 aromatic rings. The minimum atomic E-state index is 0.242. The van der Waals surface area contributed by atoms with Crippen LogP contribution in [0.5, 0.6) is 0 Å². The molecule has 0 saturated heterocycles. The van der Waals surface area contributed by atoms with Crippen molar-refractivity contribution in [1.82, 2.24) is 0 Å². The third kappa shape index (κ3) is 2.49. The van der Waals surface area contributed by atoms with Crippen molar-refractivity contribution in [2.75, 3.05) is 0 Å². The van der Waals surface area contributed by atoms with Crippen molar-refractivity contribution in [2.45, 2.75) is 47.5 Å². The van der Waals surface area contributed by atoms with E-state index >= 15 is 0 Å². The SMILES string of the molecule is C=CCCC(=O)c1c(C)c(C)c(C)c(C)c1C. The van der Waals surface area contributed by atoms with E-state index in [2.05, 4.69) is 41.2 Å². The largest absolute Gasteiger partial charge is 0.294 e. The van der Waals surface area contributed by atoms with E-state index in [0.717, 1.165) is 23.1 Å². The van der Waals surface area contributed by atoms with Crippen molar-refractivity contribution in [2.24, 2.45) is 0 Å². The van der Waals surface area contributed by atoms with Gasteiger partial charge < -0.3 is 0 Å². The highest BCUT2D eigenvalue weighted by Crippen LogP contribution is 2.27. The molecule has 0 amide bonds. The topological polar surface area (TPSA) is 17.1 Å². The van der Waals surface area contributed by atoms with Crippen molar-refractivity contribution in [3.63, 3.8) is 0 Å². The van der Waals surface area contributed by atoms with Gasteiger partial charge in [0.05, 0.1) is 0 Å². The Hall–Kier alpha value is -1.37. The predicted molar refractivity (Wildman–Crippen MR) is 73.9 cm³/mol. The number of carbonyl (C=O) groups is 1. The Morgan fingerprint density at radius 3 is 1.76 bits per heavy atom. The zero-order valence-corrected chi connectivity index (χ0v) is 11.6. The monoisotopic (exact) mass is 230 g/mol. The lowest BCUT2D eigenvalue weighted by Gasteiger charge is -2.17. The predicted octanol–water partition coefficient (Wildman–Crippen LogP) is 4.38. The van der Waals surface area contributed by atoms with E-state index in [-0.39, 0.29) is 5.78 Å². The summed E-state index contributed by atoms with van der Waals surface area (Å²) in [6, 6.07) is 0. The van der Waals surface area contributed by atoms with Crippen LogP contribution in [0.25, 0.3) is 0 Å². The molecule has 0 fully saturated rings. The third-order valence-electron chi connectivity index (χ3n) is 3.85. The molecule has 1 heteroatoms. The summed E-state index contributed by atoms with van der Waals surface area (Å²) in [6.45, 7) is 14.1. The van der Waals surface area contributed by atoms with Gasteiger partial charge in [0, 0.05) is 12.0 Å². The highest BCUT2D eigenvalue weighted by molar-refractivity contribution is 5.99. The van der Waals surface area contributed by atoms with Crippen LogP contribution in [-0.4, -0.2) is 5.78 Å². The zero-order valence-electron chi connectivity index (χ0n) is 11.6. The van der Waals surface area contributed by atoms with Crippen molar-refractivity contribution in [1.29, 1.82) is 0 Å². The van der Waals surface area contributed by atoms with E-state index in [1.807, 2.05) is 0 Å². The minimum Gasteiger partial charge on any atom is -0.294 e. The Morgan fingerprint density at radius 1 is 0.941 bits per heavy atom. The van der Waals surface area contributed by atoms with Gasteiger partial charge in [-0.1, -0.05) is 6.08 Å². The maximum atomic E-state index is 12.2. The van der Waals surface area contributed by atoms with Crippen LogP contribution in [0.15, 0.2) is 12.7 Å². The number of Topliss-reactive ketones (excluding diaryl/α,β-unsaturated/α-hetero) is 1. The van der Waals surface area contributed by atoms with Crippen LogP contribution in [0.3, 0.4) is 0 Å². The molecule has 1 aromatic carbocycles. The fraction of sp³-hybridized carbons (Fsp3) is 0.438. The molecule has 0 unspecified atom stereocenters. The van der Waals surface area contributed by atoms with Gasteiger partial charge in [0.2, 0.25) is 0 Å². The van der Waals surface area contributed by atoms with Crippen LogP contribution in [-0.2, 0) is 0 Å². The van der Waals surface area contributed by atoms with Gasteiger partial charge >= 0.3 is 0 Å². The number of ketones is 1. The van der Waals surface area contributed by atoms with E-state index in [0.29, 0.717) is 6.42 Å². The molecule has 0 aliphatic carbocycles. The van der Waals surface area contributed by atoms with E-state index < -0.39 is 0 Å². The summed E-state index contributed by atoms with van der Waals surface area (Å²) in [7, 11) is 0. The molecule has 0 N–H and O–H groups in total. The lowest BCUT2D eigenvalue weighted by molar-refractivity contribution is 0.0982. The molecule has 0 heterocycles. The van der Waals surface area contributed by atoms with Crippen LogP contribution in [0.1, 0.15) is 51.0 Å². The molecule has 17 heavy (non-hydrogen) atoms. The van der Waals surface area contributed by atoms with Gasteiger partial charge in [-0.15, -0.1) is 6.58 Å². The third-order valence-corrected chi connectivity index (χ3v) is 3.85. The first-order valence-corrected chi connectivity index (χ1v) is 6.12. The normalized spacial score (nSPS) is 10.4. The van der Waals surface area contributed by atoms with Gasteiger partial charge in [-0.05, 0) is 68.9 Å². The molecule has 0 aromatic heterocycles. The van der Waals surface area contributed by atoms with E-state index in [1.54, 1.807) is 6.08 Å². The Morgan fingerprint density at radius 2 is 1.35 bits per heavy atom. The summed E-state index contributed by atoms with van der Waals surface area (Å²) in [5, 5.41) is 0. The number of hydrogen-bond acceptors (Lipinski definition) is 1. The zero-order chi connectivity index (χ0) is 13.2. The number of allylic oxidation sites excluding steroid dienone is 1. The lowest BCUT2D eigenvalue weighted by atomic mass is 9.87. The van der Waals surface area contributed by atoms with Crippen LogP contribution < -0.4 is 0 Å². The van der Waals surface area contributed by atoms with Crippen LogP contribution in [0.2, 0.25) is 0 Å². The molecule has 0 aliphatic heterocycles. The summed E-state index contributed by atoms with van der Waals surface area (Å²) < 4.78 is 0. The van der Waals surface area contributed by atoms with Crippen LogP contribution >= 0.6 is 0 Å². The summed E-state index contributed by atoms with van der Waals surface area (Å²) in [5.41, 5.74) is 7.00. The van der Waals surface area contributed by atoms with Crippen LogP contribution in [0, 0.1) is 34.6 Å². The quantitative estimate of drug-likeness (QED) is 0.554. The number of carbonyl (C=O) groups excluding carboxylic acids is 1. The first-order valence-electron chi connectivity index (χ1n) is 6.12. The van der Waals surface area contributed by atoms with E-state index in [4.69, 9.17) is 0 Å². The molecule has 1 rings (SSSR count). The van der Waals surface area contributed by atoms with Crippen molar-refractivity contribution in [3.8, 4) is 0 Å². The Labute approximate surface area is 105 Å². The molecule has 92 valence electrons. The van der Waals surface area contributed by atoms with Gasteiger partial charge in [-0.2, -0.15) is 0 Å². The summed E-state index contributed by atoms with van der Waals surface area (Å²) in [5.74, 6) is 0.242. The second-order valence-electron chi connectivity index (χ2n) is 4.75. The second kappa shape index (κ2) is 5.31. The van der Waals surface area contributed by atoms with Crippen LogP contribution in [0.4, 0.5) is 0 Å². The maximum Gasteiger partial charge on any atom is 0.163 e. The maximum absolute atomic E-state index is 12.2. The Balaban J connectivity index is 3.33. The summed E-state index contributed by atoms with van der Waals surface area (Å²) in [4.78, 5) is 12.2. The molecule has 0 radical (unpaired) electrons. The summed E-state index contributed by atoms with van der Waals surface area (Å²) in [6.07, 6.45) is 3.12. The summed E-state index contributed by atoms with van der Waals surface area (Å²) >= 11 is 0. The number of hydrogen-bond donors (Lipinski definition) is 0. The average molecular weight is 230 g/mol. The van der Waals surface area contributed by atoms with Gasteiger partial charge in [-0.25, -0.2) is 0 Å². The standard InChI is InChI=1S/C16H22O/c1-7-8-9-15(17)16-13(5)11(3)10(2)12(4)14(16)6/h7H,1,8-9H2,2-6H3. The Bertz CT molecular complexity index is 438. The second-order valence-corrected chi connectivity index (χ2v) is 4.75. The van der Waals surface area contributed by atoms with Crippen molar-refractivity contribution in [3.05, 3.63) is 46.0 Å². The Kier molecular flexibility index (Phi) is 4.28. The fourth-order valence-corrected chi connectivity index (χ4v) is 2.28. The van der Waals surface area contributed by atoms with E-state index in [9.17, 15) is 4.79 Å². The molecule has 1 nitrogen and oxygen atoms in total. The first kappa shape index (κ1) is 13.7. The van der Waals surface area contributed by atoms with Gasteiger partial charge in [0.15, 0.2) is 5.78 Å².